The Balaban J connectivity index is 3.12. The molecule has 1 rings (SSSR count). The van der Waals surface area contributed by atoms with Crippen LogP contribution < -0.4 is 10.1 Å². The number of ether oxygens (including phenoxy) is 2. The molecule has 0 heterocycles. The zero-order valence-corrected chi connectivity index (χ0v) is 19.0. The minimum Gasteiger partial charge on any atom is -0.494 e. The number of nitriles is 1. The number of benzene rings is 1. The molecule has 1 N–H and O–H groups in total. The van der Waals surface area contributed by atoms with E-state index < -0.39 is 5.60 Å². The van der Waals surface area contributed by atoms with Crippen LogP contribution in [0.25, 0.3) is 0 Å². The second-order valence-electron chi connectivity index (χ2n) is 8.51. The number of carbonyl (C=O) groups excluding carboxylic acids is 1. The van der Waals surface area contributed by atoms with E-state index in [4.69, 9.17) is 9.47 Å². The lowest BCUT2D eigenvalue weighted by atomic mass is 9.83. The quantitative estimate of drug-likeness (QED) is 0.415. The van der Waals surface area contributed by atoms with Crippen molar-refractivity contribution in [3.05, 3.63) is 23.8 Å². The van der Waals surface area contributed by atoms with Crippen molar-refractivity contribution in [2.45, 2.75) is 79.2 Å². The summed E-state index contributed by atoms with van der Waals surface area (Å²) >= 11 is 0. The maximum absolute atomic E-state index is 13.4. The molecule has 29 heavy (non-hydrogen) atoms. The number of hydrogen-bond acceptors (Lipinski definition) is 4. The summed E-state index contributed by atoms with van der Waals surface area (Å²) in [6.07, 6.45) is 4.12. The SMILES string of the molecule is CCCCOc1ccc(NC(=O)C(CC(C)C)(CC(C)C)OCCC)c(C#N)c1. The minimum atomic E-state index is -0.901. The first-order chi connectivity index (χ1) is 13.8. The fourth-order valence-corrected chi connectivity index (χ4v) is 3.45. The number of carbonyl (C=O) groups is 1. The Hall–Kier alpha value is -2.06. The molecule has 0 fully saturated rings. The number of amides is 1. The lowest BCUT2D eigenvalue weighted by Crippen LogP contribution is -2.48. The van der Waals surface area contributed by atoms with Crippen LogP contribution >= 0.6 is 0 Å². The molecular formula is C24H38N2O3. The van der Waals surface area contributed by atoms with Crippen molar-refractivity contribution in [1.82, 2.24) is 0 Å². The van der Waals surface area contributed by atoms with Gasteiger partial charge in [0.25, 0.3) is 5.91 Å². The third-order valence-corrected chi connectivity index (χ3v) is 4.60. The maximum Gasteiger partial charge on any atom is 0.256 e. The number of anilines is 1. The highest BCUT2D eigenvalue weighted by Gasteiger charge is 2.40. The molecule has 0 saturated carbocycles. The Morgan fingerprint density at radius 2 is 1.76 bits per heavy atom. The van der Waals surface area contributed by atoms with E-state index in [0.29, 0.717) is 54.9 Å². The maximum atomic E-state index is 13.4. The van der Waals surface area contributed by atoms with Crippen molar-refractivity contribution < 1.29 is 14.3 Å². The van der Waals surface area contributed by atoms with Gasteiger partial charge in [-0.25, -0.2) is 0 Å². The molecular weight excluding hydrogens is 364 g/mol. The average Bonchev–Trinajstić information content (AvgIpc) is 2.66. The van der Waals surface area contributed by atoms with Crippen molar-refractivity contribution in [3.8, 4) is 11.8 Å². The van der Waals surface area contributed by atoms with Gasteiger partial charge in [-0.1, -0.05) is 48.0 Å². The van der Waals surface area contributed by atoms with Crippen LogP contribution in [0.3, 0.4) is 0 Å². The number of nitrogens with zero attached hydrogens (tertiary/aromatic N) is 1. The molecule has 0 radical (unpaired) electrons. The highest BCUT2D eigenvalue weighted by atomic mass is 16.5. The van der Waals surface area contributed by atoms with Crippen LogP contribution in [0.15, 0.2) is 18.2 Å². The third-order valence-electron chi connectivity index (χ3n) is 4.60. The molecule has 1 aromatic rings. The van der Waals surface area contributed by atoms with Crippen molar-refractivity contribution in [2.75, 3.05) is 18.5 Å². The first kappa shape index (κ1) is 25.0. The molecule has 0 atom stereocenters. The van der Waals surface area contributed by atoms with E-state index >= 15 is 0 Å². The van der Waals surface area contributed by atoms with Gasteiger partial charge < -0.3 is 14.8 Å². The van der Waals surface area contributed by atoms with Gasteiger partial charge >= 0.3 is 0 Å². The smallest absolute Gasteiger partial charge is 0.256 e. The van der Waals surface area contributed by atoms with E-state index in [2.05, 4.69) is 46.0 Å². The van der Waals surface area contributed by atoms with Gasteiger partial charge in [0.1, 0.15) is 17.4 Å². The Morgan fingerprint density at radius 1 is 1.10 bits per heavy atom. The molecule has 0 saturated heterocycles. The van der Waals surface area contributed by atoms with E-state index in [0.717, 1.165) is 19.3 Å². The average molecular weight is 403 g/mol. The van der Waals surface area contributed by atoms with Crippen molar-refractivity contribution in [2.24, 2.45) is 11.8 Å². The molecule has 162 valence electrons. The predicted molar refractivity (Wildman–Crippen MR) is 118 cm³/mol. The van der Waals surface area contributed by atoms with Gasteiger partial charge in [-0.2, -0.15) is 5.26 Å². The zero-order valence-electron chi connectivity index (χ0n) is 19.0. The summed E-state index contributed by atoms with van der Waals surface area (Å²) in [4.78, 5) is 13.4. The standard InChI is InChI=1S/C24H38N2O3/c1-7-9-13-28-21-10-11-22(20(14-21)17-25)26-23(27)24(15-18(3)4,16-19(5)6)29-12-8-2/h10-11,14,18-19H,7-9,12-13,15-16H2,1-6H3,(H,26,27). The summed E-state index contributed by atoms with van der Waals surface area (Å²) in [7, 11) is 0. The molecule has 5 heteroatoms. The highest BCUT2D eigenvalue weighted by Crippen LogP contribution is 2.32. The van der Waals surface area contributed by atoms with Crippen molar-refractivity contribution in [3.63, 3.8) is 0 Å². The lowest BCUT2D eigenvalue weighted by molar-refractivity contribution is -0.147. The van der Waals surface area contributed by atoms with E-state index in [1.54, 1.807) is 18.2 Å². The van der Waals surface area contributed by atoms with Crippen LogP contribution in [-0.2, 0) is 9.53 Å². The normalized spacial score (nSPS) is 11.6. The van der Waals surface area contributed by atoms with Gasteiger partial charge in [0.2, 0.25) is 0 Å². The van der Waals surface area contributed by atoms with Gasteiger partial charge in [-0.15, -0.1) is 0 Å². The summed E-state index contributed by atoms with van der Waals surface area (Å²) in [5.74, 6) is 1.08. The first-order valence-electron chi connectivity index (χ1n) is 10.9. The molecule has 0 aromatic heterocycles. The minimum absolute atomic E-state index is 0.176. The number of hydrogen-bond donors (Lipinski definition) is 1. The second kappa shape index (κ2) is 12.5. The Morgan fingerprint density at radius 3 is 2.28 bits per heavy atom. The van der Waals surface area contributed by atoms with E-state index in [1.165, 1.54) is 0 Å². The van der Waals surface area contributed by atoms with Crippen LogP contribution in [0.4, 0.5) is 5.69 Å². The van der Waals surface area contributed by atoms with Gasteiger partial charge in [0, 0.05) is 6.61 Å². The molecule has 1 amide bonds. The summed E-state index contributed by atoms with van der Waals surface area (Å²) in [6, 6.07) is 7.40. The molecule has 0 aliphatic rings. The fraction of sp³-hybridized carbons (Fsp3) is 0.667. The molecule has 1 aromatic carbocycles. The second-order valence-corrected chi connectivity index (χ2v) is 8.51. The molecule has 0 bridgehead atoms. The highest BCUT2D eigenvalue weighted by molar-refractivity contribution is 5.98. The van der Waals surface area contributed by atoms with Crippen LogP contribution in [0.5, 0.6) is 5.75 Å². The van der Waals surface area contributed by atoms with E-state index in [1.807, 2.05) is 6.92 Å². The number of nitrogens with one attached hydrogen (secondary N) is 1. The molecule has 5 nitrogen and oxygen atoms in total. The van der Waals surface area contributed by atoms with Gasteiger partial charge in [-0.05, 0) is 55.7 Å². The Bertz CT molecular complexity index is 667. The lowest BCUT2D eigenvalue weighted by Gasteiger charge is -2.35. The zero-order chi connectivity index (χ0) is 21.9. The van der Waals surface area contributed by atoms with Gasteiger partial charge in [-0.3, -0.25) is 4.79 Å². The van der Waals surface area contributed by atoms with Crippen molar-refractivity contribution >= 4 is 11.6 Å². The molecule has 0 spiro atoms. The summed E-state index contributed by atoms with van der Waals surface area (Å²) in [6.45, 7) is 13.7. The molecule has 0 aliphatic heterocycles. The summed E-state index contributed by atoms with van der Waals surface area (Å²) in [5, 5.41) is 12.5. The summed E-state index contributed by atoms with van der Waals surface area (Å²) in [5.41, 5.74) is -0.00961. The van der Waals surface area contributed by atoms with E-state index in [9.17, 15) is 10.1 Å². The molecule has 0 unspecified atom stereocenters. The summed E-state index contributed by atoms with van der Waals surface area (Å²) < 4.78 is 11.9. The topological polar surface area (TPSA) is 71.3 Å². The van der Waals surface area contributed by atoms with Gasteiger partial charge in [0.15, 0.2) is 0 Å². The number of unbranched alkanes of at least 4 members (excludes halogenated alkanes) is 1. The third kappa shape index (κ3) is 8.06. The predicted octanol–water partition coefficient (Wildman–Crippen LogP) is 5.93. The van der Waals surface area contributed by atoms with E-state index in [-0.39, 0.29) is 5.91 Å². The largest absolute Gasteiger partial charge is 0.494 e. The van der Waals surface area contributed by atoms with Crippen LogP contribution in [0.2, 0.25) is 0 Å². The van der Waals surface area contributed by atoms with Crippen molar-refractivity contribution in [1.29, 1.82) is 5.26 Å². The number of rotatable bonds is 13. The Kier molecular flexibility index (Phi) is 10.8. The fourth-order valence-electron chi connectivity index (χ4n) is 3.45. The van der Waals surface area contributed by atoms with Crippen LogP contribution in [0.1, 0.15) is 79.2 Å². The van der Waals surface area contributed by atoms with Crippen LogP contribution in [0, 0.1) is 23.2 Å². The monoisotopic (exact) mass is 402 g/mol. The van der Waals surface area contributed by atoms with Crippen LogP contribution in [-0.4, -0.2) is 24.7 Å². The van der Waals surface area contributed by atoms with Gasteiger partial charge in [0.05, 0.1) is 17.9 Å². The molecule has 0 aliphatic carbocycles. The Labute approximate surface area is 176 Å². The first-order valence-corrected chi connectivity index (χ1v) is 10.9.